The van der Waals surface area contributed by atoms with Crippen LogP contribution in [-0.4, -0.2) is 86.7 Å². The van der Waals surface area contributed by atoms with E-state index in [1.54, 1.807) is 0 Å². The van der Waals surface area contributed by atoms with Crippen molar-refractivity contribution >= 4 is 21.8 Å². The predicted molar refractivity (Wildman–Crippen MR) is 66.7 cm³/mol. The molecule has 1 aliphatic rings. The second kappa shape index (κ2) is 6.20. The number of nitrogens with zero attached hydrogens (tertiary/aromatic N) is 2. The van der Waals surface area contributed by atoms with E-state index in [2.05, 4.69) is 0 Å². The van der Waals surface area contributed by atoms with E-state index in [0.717, 1.165) is 6.26 Å². The number of sulfone groups is 1. The van der Waals surface area contributed by atoms with Crippen LogP contribution in [0.4, 0.5) is 4.79 Å². The van der Waals surface area contributed by atoms with Gasteiger partial charge in [-0.15, -0.1) is 0 Å². The third-order valence-electron chi connectivity index (χ3n) is 2.74. The topological polar surface area (TPSA) is 104 Å². The summed E-state index contributed by atoms with van der Waals surface area (Å²) in [7, 11) is -1.65. The molecule has 2 amide bonds. The second-order valence-electron chi connectivity index (χ2n) is 4.48. The Morgan fingerprint density at radius 2 is 2.11 bits per heavy atom. The number of morpholine rings is 1. The molecule has 19 heavy (non-hydrogen) atoms. The van der Waals surface area contributed by atoms with Gasteiger partial charge in [0.25, 0.3) is 0 Å². The number of carboxylic acid groups (broad SMARTS) is 1. The van der Waals surface area contributed by atoms with Gasteiger partial charge in [0.15, 0.2) is 6.10 Å². The molecule has 0 radical (unpaired) electrons. The minimum Gasteiger partial charge on any atom is -0.479 e. The molecule has 1 unspecified atom stereocenters. The van der Waals surface area contributed by atoms with Crippen molar-refractivity contribution in [2.75, 3.05) is 45.3 Å². The standard InChI is InChI=1S/C10H18N2O6S/c1-11(4-6-19(2,16)17)10(15)12-3-5-18-8(7-12)9(13)14/h8H,3-7H2,1-2H3,(H,13,14). The quantitative estimate of drug-likeness (QED) is 0.703. The van der Waals surface area contributed by atoms with Crippen LogP contribution in [0.5, 0.6) is 0 Å². The zero-order valence-electron chi connectivity index (χ0n) is 10.9. The van der Waals surface area contributed by atoms with Crippen LogP contribution in [0.25, 0.3) is 0 Å². The van der Waals surface area contributed by atoms with E-state index in [1.165, 1.54) is 16.8 Å². The summed E-state index contributed by atoms with van der Waals surface area (Å²) in [5.74, 6) is -1.24. The van der Waals surface area contributed by atoms with Gasteiger partial charge >= 0.3 is 12.0 Å². The first kappa shape index (κ1) is 15.7. The van der Waals surface area contributed by atoms with Crippen LogP contribution in [-0.2, 0) is 19.4 Å². The van der Waals surface area contributed by atoms with Crippen LogP contribution in [0.2, 0.25) is 0 Å². The molecule has 0 spiro atoms. The van der Waals surface area contributed by atoms with Crippen LogP contribution in [0, 0.1) is 0 Å². The third kappa shape index (κ3) is 5.03. The Balaban J connectivity index is 2.54. The Morgan fingerprint density at radius 3 is 2.63 bits per heavy atom. The normalized spacial score (nSPS) is 20.1. The van der Waals surface area contributed by atoms with Gasteiger partial charge in [-0.3, -0.25) is 0 Å². The molecule has 8 nitrogen and oxygen atoms in total. The van der Waals surface area contributed by atoms with Crippen LogP contribution in [0.15, 0.2) is 0 Å². The molecule has 1 fully saturated rings. The highest BCUT2D eigenvalue weighted by atomic mass is 32.2. The Bertz CT molecular complexity index is 449. The average molecular weight is 294 g/mol. The van der Waals surface area contributed by atoms with Crippen LogP contribution < -0.4 is 0 Å². The number of amides is 2. The first-order valence-corrected chi connectivity index (χ1v) is 7.79. The van der Waals surface area contributed by atoms with Gasteiger partial charge in [0, 0.05) is 26.4 Å². The molecule has 1 rings (SSSR count). The summed E-state index contributed by atoms with van der Waals surface area (Å²) in [5, 5.41) is 8.83. The molecule has 1 aliphatic heterocycles. The summed E-state index contributed by atoms with van der Waals surface area (Å²) in [4.78, 5) is 25.4. The Morgan fingerprint density at radius 1 is 1.47 bits per heavy atom. The maximum Gasteiger partial charge on any atom is 0.334 e. The second-order valence-corrected chi connectivity index (χ2v) is 6.74. The van der Waals surface area contributed by atoms with Crippen molar-refractivity contribution in [3.63, 3.8) is 0 Å². The SMILES string of the molecule is CN(CCS(C)(=O)=O)C(=O)N1CCOC(C(=O)O)C1. The van der Waals surface area contributed by atoms with E-state index in [0.29, 0.717) is 6.54 Å². The number of hydrogen-bond donors (Lipinski definition) is 1. The molecular formula is C10H18N2O6S. The van der Waals surface area contributed by atoms with Crippen molar-refractivity contribution in [2.24, 2.45) is 0 Å². The largest absolute Gasteiger partial charge is 0.479 e. The van der Waals surface area contributed by atoms with E-state index in [-0.39, 0.29) is 25.4 Å². The van der Waals surface area contributed by atoms with Crippen molar-refractivity contribution in [3.8, 4) is 0 Å². The van der Waals surface area contributed by atoms with Gasteiger partial charge in [0.2, 0.25) is 0 Å². The lowest BCUT2D eigenvalue weighted by Crippen LogP contribution is -2.52. The number of hydrogen-bond acceptors (Lipinski definition) is 5. The van der Waals surface area contributed by atoms with Gasteiger partial charge in [-0.1, -0.05) is 0 Å². The summed E-state index contributed by atoms with van der Waals surface area (Å²) in [6.45, 7) is 0.499. The third-order valence-corrected chi connectivity index (χ3v) is 3.66. The van der Waals surface area contributed by atoms with Crippen molar-refractivity contribution < 1.29 is 27.9 Å². The fourth-order valence-corrected chi connectivity index (χ4v) is 2.22. The fraction of sp³-hybridized carbons (Fsp3) is 0.800. The van der Waals surface area contributed by atoms with Gasteiger partial charge in [0.05, 0.1) is 18.9 Å². The molecule has 1 atom stereocenters. The number of urea groups is 1. The molecule has 1 N–H and O–H groups in total. The molecule has 1 saturated heterocycles. The van der Waals surface area contributed by atoms with E-state index >= 15 is 0 Å². The molecule has 0 aromatic heterocycles. The lowest BCUT2D eigenvalue weighted by atomic mass is 10.3. The van der Waals surface area contributed by atoms with Crippen LogP contribution in [0.1, 0.15) is 0 Å². The van der Waals surface area contributed by atoms with Crippen LogP contribution in [0.3, 0.4) is 0 Å². The number of rotatable bonds is 4. The average Bonchev–Trinajstić information content (AvgIpc) is 2.34. The van der Waals surface area contributed by atoms with Crippen LogP contribution >= 0.6 is 0 Å². The highest BCUT2D eigenvalue weighted by molar-refractivity contribution is 7.90. The maximum atomic E-state index is 12.0. The zero-order valence-corrected chi connectivity index (χ0v) is 11.7. The van der Waals surface area contributed by atoms with Crippen molar-refractivity contribution in [3.05, 3.63) is 0 Å². The number of carbonyl (C=O) groups excluding carboxylic acids is 1. The number of ether oxygens (including phenoxy) is 1. The van der Waals surface area contributed by atoms with Crippen molar-refractivity contribution in [1.82, 2.24) is 9.80 Å². The Kier molecular flexibility index (Phi) is 5.12. The van der Waals surface area contributed by atoms with E-state index in [4.69, 9.17) is 9.84 Å². The molecule has 9 heteroatoms. The summed E-state index contributed by atoms with van der Waals surface area (Å²) < 4.78 is 27.1. The minimum atomic E-state index is -3.14. The minimum absolute atomic E-state index is 0.0304. The molecule has 0 bridgehead atoms. The molecule has 110 valence electrons. The summed E-state index contributed by atoms with van der Waals surface area (Å²) >= 11 is 0. The summed E-state index contributed by atoms with van der Waals surface area (Å²) in [6.07, 6.45) is 0.0709. The van der Waals surface area contributed by atoms with E-state index in [9.17, 15) is 18.0 Å². The molecule has 0 aliphatic carbocycles. The highest BCUT2D eigenvalue weighted by Crippen LogP contribution is 2.08. The van der Waals surface area contributed by atoms with E-state index < -0.39 is 27.9 Å². The van der Waals surface area contributed by atoms with Gasteiger partial charge in [-0.05, 0) is 0 Å². The van der Waals surface area contributed by atoms with Gasteiger partial charge < -0.3 is 19.6 Å². The van der Waals surface area contributed by atoms with Gasteiger partial charge in [0.1, 0.15) is 9.84 Å². The molecule has 0 aromatic rings. The Hall–Kier alpha value is -1.35. The number of aliphatic carboxylic acids is 1. The molecule has 1 heterocycles. The lowest BCUT2D eigenvalue weighted by molar-refractivity contribution is -0.154. The highest BCUT2D eigenvalue weighted by Gasteiger charge is 2.30. The first-order valence-electron chi connectivity index (χ1n) is 5.73. The lowest BCUT2D eigenvalue weighted by Gasteiger charge is -2.33. The monoisotopic (exact) mass is 294 g/mol. The predicted octanol–water partition coefficient (Wildman–Crippen LogP) is -1.13. The zero-order chi connectivity index (χ0) is 14.6. The smallest absolute Gasteiger partial charge is 0.334 e. The fourth-order valence-electron chi connectivity index (χ4n) is 1.61. The van der Waals surface area contributed by atoms with Crippen molar-refractivity contribution in [1.29, 1.82) is 0 Å². The number of carboxylic acids is 1. The molecule has 0 aromatic carbocycles. The number of carbonyl (C=O) groups is 2. The van der Waals surface area contributed by atoms with Gasteiger partial charge in [-0.2, -0.15) is 0 Å². The van der Waals surface area contributed by atoms with E-state index in [1.807, 2.05) is 0 Å². The summed E-state index contributed by atoms with van der Waals surface area (Å²) in [6, 6.07) is -0.391. The first-order chi connectivity index (χ1) is 8.70. The molecule has 0 saturated carbocycles. The van der Waals surface area contributed by atoms with Crippen molar-refractivity contribution in [2.45, 2.75) is 6.10 Å². The Labute approximate surface area is 111 Å². The summed E-state index contributed by atoms with van der Waals surface area (Å²) in [5.41, 5.74) is 0. The maximum absolute atomic E-state index is 12.0. The molecular weight excluding hydrogens is 276 g/mol. The van der Waals surface area contributed by atoms with Gasteiger partial charge in [-0.25, -0.2) is 18.0 Å².